The molecular weight excluding hydrogens is 434 g/mol. The first-order chi connectivity index (χ1) is 15.6. The smallest absolute Gasteiger partial charge is 0.338 e. The highest BCUT2D eigenvalue weighted by Gasteiger charge is 2.44. The molecule has 0 amide bonds. The van der Waals surface area contributed by atoms with E-state index >= 15 is 0 Å². The van der Waals surface area contributed by atoms with E-state index in [2.05, 4.69) is 21.6 Å². The predicted octanol–water partition coefficient (Wildman–Crippen LogP) is 6.73. The molecule has 1 spiro atoms. The highest BCUT2D eigenvalue weighted by atomic mass is 35.5. The van der Waals surface area contributed by atoms with Crippen molar-refractivity contribution in [1.82, 2.24) is 0 Å². The first-order valence-corrected chi connectivity index (χ1v) is 12.0. The van der Waals surface area contributed by atoms with Gasteiger partial charge in [0.25, 0.3) is 0 Å². The van der Waals surface area contributed by atoms with Crippen LogP contribution in [0, 0.1) is 12.0 Å². The fraction of sp³-hybridized carbons (Fsp3) is 0.481. The summed E-state index contributed by atoms with van der Waals surface area (Å²) in [4.78, 5) is 20.6. The van der Waals surface area contributed by atoms with E-state index in [9.17, 15) is 4.79 Å². The number of ether oxygens (including phenoxy) is 1. The third-order valence-corrected chi connectivity index (χ3v) is 7.14. The van der Waals surface area contributed by atoms with Crippen molar-refractivity contribution in [3.63, 3.8) is 0 Å². The zero-order chi connectivity index (χ0) is 23.8. The quantitative estimate of drug-likeness (QED) is 0.372. The maximum atomic E-state index is 12.3. The molecular formula is C27H32ClN3O2. The van der Waals surface area contributed by atoms with Gasteiger partial charge in [0.2, 0.25) is 5.69 Å². The van der Waals surface area contributed by atoms with Gasteiger partial charge in [-0.3, -0.25) is 0 Å². The Bertz CT molecular complexity index is 1060. The van der Waals surface area contributed by atoms with Crippen molar-refractivity contribution >= 4 is 34.6 Å². The zero-order valence-corrected chi connectivity index (χ0v) is 20.7. The lowest BCUT2D eigenvalue weighted by Gasteiger charge is -2.40. The fourth-order valence-electron chi connectivity index (χ4n) is 5.18. The summed E-state index contributed by atoms with van der Waals surface area (Å²) in [7, 11) is 0. The summed E-state index contributed by atoms with van der Waals surface area (Å²) in [5.74, 6) is -0.281. The molecule has 2 saturated heterocycles. The van der Waals surface area contributed by atoms with Gasteiger partial charge in [-0.1, -0.05) is 17.7 Å². The third kappa shape index (κ3) is 5.12. The first-order valence-electron chi connectivity index (χ1n) is 11.6. The Morgan fingerprint density at radius 3 is 2.33 bits per heavy atom. The number of rotatable bonds is 3. The summed E-state index contributed by atoms with van der Waals surface area (Å²) in [6.07, 6.45) is 3.44. The summed E-state index contributed by atoms with van der Waals surface area (Å²) < 4.78 is 5.47. The Kier molecular flexibility index (Phi) is 6.33. The second kappa shape index (κ2) is 8.91. The molecule has 174 valence electrons. The summed E-state index contributed by atoms with van der Waals surface area (Å²) >= 11 is 6.31. The topological polar surface area (TPSA) is 37.1 Å². The number of benzene rings is 2. The summed E-state index contributed by atoms with van der Waals surface area (Å²) in [6.45, 7) is 18.2. The molecule has 6 heteroatoms. The lowest BCUT2D eigenvalue weighted by Crippen LogP contribution is -2.41. The molecule has 2 fully saturated rings. The van der Waals surface area contributed by atoms with Gasteiger partial charge in [0.1, 0.15) is 5.60 Å². The number of piperidine rings is 1. The number of nitrogens with zero attached hydrogens (tertiary/aromatic N) is 3. The minimum Gasteiger partial charge on any atom is -0.456 e. The van der Waals surface area contributed by atoms with Gasteiger partial charge in [0, 0.05) is 42.1 Å². The van der Waals surface area contributed by atoms with Crippen molar-refractivity contribution in [2.75, 3.05) is 29.4 Å². The van der Waals surface area contributed by atoms with Crippen LogP contribution in [-0.2, 0) is 4.74 Å². The van der Waals surface area contributed by atoms with Crippen molar-refractivity contribution in [3.8, 4) is 0 Å². The predicted molar refractivity (Wildman–Crippen MR) is 135 cm³/mol. The molecule has 2 aliphatic rings. The Balaban J connectivity index is 1.39. The van der Waals surface area contributed by atoms with E-state index in [4.69, 9.17) is 22.9 Å². The molecule has 0 radical (unpaired) electrons. The summed E-state index contributed by atoms with van der Waals surface area (Å²) in [5.41, 5.74) is 3.17. The number of carbonyl (C=O) groups excluding carboxylic acids is 1. The van der Waals surface area contributed by atoms with E-state index in [0.717, 1.165) is 43.9 Å². The van der Waals surface area contributed by atoms with E-state index in [1.165, 1.54) is 6.42 Å². The minimum atomic E-state index is -0.492. The molecule has 2 aliphatic heterocycles. The van der Waals surface area contributed by atoms with E-state index in [0.29, 0.717) is 27.7 Å². The van der Waals surface area contributed by atoms with Crippen LogP contribution >= 0.6 is 11.6 Å². The van der Waals surface area contributed by atoms with Crippen molar-refractivity contribution in [1.29, 1.82) is 0 Å². The summed E-state index contributed by atoms with van der Waals surface area (Å²) in [6, 6.07) is 14.0. The van der Waals surface area contributed by atoms with Crippen molar-refractivity contribution in [2.45, 2.75) is 58.6 Å². The normalized spacial score (nSPS) is 20.1. The molecule has 1 atom stereocenters. The molecule has 2 aromatic carbocycles. The molecule has 0 aromatic heterocycles. The van der Waals surface area contributed by atoms with Gasteiger partial charge in [-0.2, -0.15) is 0 Å². The largest absolute Gasteiger partial charge is 0.456 e. The zero-order valence-electron chi connectivity index (χ0n) is 19.9. The van der Waals surface area contributed by atoms with Gasteiger partial charge >= 0.3 is 5.97 Å². The van der Waals surface area contributed by atoms with Crippen LogP contribution in [0.1, 0.15) is 57.3 Å². The molecule has 0 aliphatic carbocycles. The highest BCUT2D eigenvalue weighted by Crippen LogP contribution is 2.46. The van der Waals surface area contributed by atoms with E-state index in [1.807, 2.05) is 63.2 Å². The summed E-state index contributed by atoms with van der Waals surface area (Å²) in [5, 5.41) is 0.528. The van der Waals surface area contributed by atoms with Gasteiger partial charge in [-0.25, -0.2) is 9.64 Å². The van der Waals surface area contributed by atoms with Crippen LogP contribution in [-0.4, -0.2) is 37.2 Å². The molecule has 2 aromatic rings. The van der Waals surface area contributed by atoms with Crippen LogP contribution in [0.3, 0.4) is 0 Å². The lowest BCUT2D eigenvalue weighted by molar-refractivity contribution is 0.00695. The van der Waals surface area contributed by atoms with Crippen LogP contribution in [0.25, 0.3) is 4.85 Å². The van der Waals surface area contributed by atoms with Gasteiger partial charge in [-0.15, -0.1) is 0 Å². The molecule has 0 saturated carbocycles. The number of anilines is 2. The van der Waals surface area contributed by atoms with Crippen molar-refractivity contribution in [3.05, 3.63) is 64.5 Å². The van der Waals surface area contributed by atoms with Crippen LogP contribution in [0.5, 0.6) is 0 Å². The maximum absolute atomic E-state index is 12.3. The van der Waals surface area contributed by atoms with Gasteiger partial charge in [0.15, 0.2) is 0 Å². The molecule has 5 nitrogen and oxygen atoms in total. The number of esters is 1. The Labute approximate surface area is 202 Å². The molecule has 4 rings (SSSR count). The van der Waals surface area contributed by atoms with E-state index < -0.39 is 5.60 Å². The average Bonchev–Trinajstić information content (AvgIpc) is 3.08. The average molecular weight is 466 g/mol. The highest BCUT2D eigenvalue weighted by molar-refractivity contribution is 6.33. The van der Waals surface area contributed by atoms with Crippen molar-refractivity contribution in [2.24, 2.45) is 5.41 Å². The van der Waals surface area contributed by atoms with Gasteiger partial charge in [0.05, 0.1) is 12.1 Å². The Hall–Kier alpha value is -2.71. The Morgan fingerprint density at radius 2 is 1.76 bits per heavy atom. The van der Waals surface area contributed by atoms with E-state index in [-0.39, 0.29) is 5.97 Å². The number of hydrogen-bond donors (Lipinski definition) is 0. The molecule has 2 heterocycles. The number of halogens is 1. The molecule has 0 bridgehead atoms. The third-order valence-electron chi connectivity index (χ3n) is 6.84. The van der Waals surface area contributed by atoms with Crippen LogP contribution in [0.2, 0.25) is 5.02 Å². The Morgan fingerprint density at radius 1 is 1.12 bits per heavy atom. The fourth-order valence-corrected chi connectivity index (χ4v) is 5.39. The van der Waals surface area contributed by atoms with Gasteiger partial charge in [-0.05, 0) is 88.8 Å². The maximum Gasteiger partial charge on any atom is 0.338 e. The lowest BCUT2D eigenvalue weighted by atomic mass is 9.76. The second-order valence-corrected chi connectivity index (χ2v) is 10.9. The molecule has 0 N–H and O–H groups in total. The van der Waals surface area contributed by atoms with Crippen LogP contribution < -0.4 is 9.80 Å². The van der Waals surface area contributed by atoms with Crippen LogP contribution in [0.4, 0.5) is 17.1 Å². The molecule has 33 heavy (non-hydrogen) atoms. The second-order valence-electron chi connectivity index (χ2n) is 10.5. The monoisotopic (exact) mass is 465 g/mol. The number of carbonyl (C=O) groups is 1. The first kappa shape index (κ1) is 23.4. The minimum absolute atomic E-state index is 0.281. The molecule has 0 unspecified atom stereocenters. The number of hydrogen-bond acceptors (Lipinski definition) is 4. The van der Waals surface area contributed by atoms with E-state index in [1.54, 1.807) is 0 Å². The van der Waals surface area contributed by atoms with Crippen molar-refractivity contribution < 1.29 is 9.53 Å². The van der Waals surface area contributed by atoms with Crippen LogP contribution in [0.15, 0.2) is 42.5 Å². The van der Waals surface area contributed by atoms with Gasteiger partial charge < -0.3 is 14.5 Å². The standard InChI is InChI=1S/C27H32ClN3O2/c1-19-17-27(18-31(19)22-10-11-24(29-5)23(28)16-22)12-14-30(15-13-27)21-8-6-20(7-9-21)25(32)33-26(2,3)4/h6-11,16,19H,12-15,17-18H2,1-4H3/t19-/m0/s1. The SMILES string of the molecule is [C-]#[N+]c1ccc(N2CC3(CCN(c4ccc(C(=O)OC(C)(C)C)cc4)CC3)C[C@@H]2C)cc1Cl.